The highest BCUT2D eigenvalue weighted by Gasteiger charge is 2.06. The van der Waals surface area contributed by atoms with E-state index in [0.29, 0.717) is 17.9 Å². The van der Waals surface area contributed by atoms with Crippen LogP contribution in [0, 0.1) is 0 Å². The number of benzene rings is 1. The van der Waals surface area contributed by atoms with Gasteiger partial charge in [0.25, 0.3) is 0 Å². The Morgan fingerprint density at radius 3 is 2.75 bits per heavy atom. The molecule has 0 radical (unpaired) electrons. The molecule has 0 aliphatic carbocycles. The third kappa shape index (κ3) is 3.43. The van der Waals surface area contributed by atoms with Gasteiger partial charge in [0.05, 0.1) is 5.56 Å². The topological polar surface area (TPSA) is 71.1 Å². The van der Waals surface area contributed by atoms with Gasteiger partial charge >= 0.3 is 0 Å². The number of amidine groups is 1. The first-order chi connectivity index (χ1) is 7.65. The average molecular weight is 223 g/mol. The standard InChI is InChI=1S/C11H17N3O2/c1-14(2)7-8-16-10-6-4-3-5-9(10)11(12)13-15/h3-6,15H,7-8H2,1-2H3,(H2,12,13). The van der Waals surface area contributed by atoms with Crippen molar-refractivity contribution in [1.82, 2.24) is 4.90 Å². The largest absolute Gasteiger partial charge is 0.491 e. The number of ether oxygens (including phenoxy) is 1. The third-order valence-electron chi connectivity index (χ3n) is 2.07. The lowest BCUT2D eigenvalue weighted by atomic mass is 10.2. The van der Waals surface area contributed by atoms with Crippen LogP contribution in [0.2, 0.25) is 0 Å². The Morgan fingerprint density at radius 2 is 2.12 bits per heavy atom. The Hall–Kier alpha value is -1.75. The molecular formula is C11H17N3O2. The molecule has 0 fully saturated rings. The van der Waals surface area contributed by atoms with Crippen molar-refractivity contribution in [1.29, 1.82) is 0 Å². The normalized spacial score (nSPS) is 11.8. The second-order valence-corrected chi connectivity index (χ2v) is 3.63. The monoisotopic (exact) mass is 223 g/mol. The smallest absolute Gasteiger partial charge is 0.173 e. The Balaban J connectivity index is 2.72. The van der Waals surface area contributed by atoms with E-state index < -0.39 is 0 Å². The van der Waals surface area contributed by atoms with Gasteiger partial charge in [0.1, 0.15) is 12.4 Å². The van der Waals surface area contributed by atoms with Gasteiger partial charge in [-0.25, -0.2) is 0 Å². The highest BCUT2D eigenvalue weighted by atomic mass is 16.5. The summed E-state index contributed by atoms with van der Waals surface area (Å²) in [6.45, 7) is 1.37. The molecular weight excluding hydrogens is 206 g/mol. The van der Waals surface area contributed by atoms with Gasteiger partial charge in [0.2, 0.25) is 0 Å². The summed E-state index contributed by atoms with van der Waals surface area (Å²) in [6.07, 6.45) is 0. The summed E-state index contributed by atoms with van der Waals surface area (Å²) in [5.41, 5.74) is 6.14. The van der Waals surface area contributed by atoms with E-state index >= 15 is 0 Å². The van der Waals surface area contributed by atoms with Crippen molar-refractivity contribution in [3.63, 3.8) is 0 Å². The van der Waals surface area contributed by atoms with Crippen LogP contribution in [0.25, 0.3) is 0 Å². The first-order valence-electron chi connectivity index (χ1n) is 4.99. The molecule has 0 aliphatic heterocycles. The molecule has 0 bridgehead atoms. The average Bonchev–Trinajstić information content (AvgIpc) is 2.28. The summed E-state index contributed by atoms with van der Waals surface area (Å²) in [4.78, 5) is 2.02. The van der Waals surface area contributed by atoms with E-state index in [0.717, 1.165) is 6.54 Å². The molecule has 0 heterocycles. The lowest BCUT2D eigenvalue weighted by molar-refractivity contribution is 0.260. The summed E-state index contributed by atoms with van der Waals surface area (Å²) < 4.78 is 5.56. The van der Waals surface area contributed by atoms with Crippen molar-refractivity contribution in [2.45, 2.75) is 0 Å². The number of likely N-dealkylation sites (N-methyl/N-ethyl adjacent to an activating group) is 1. The van der Waals surface area contributed by atoms with Crippen LogP contribution in [-0.2, 0) is 0 Å². The zero-order chi connectivity index (χ0) is 12.0. The van der Waals surface area contributed by atoms with Crippen LogP contribution < -0.4 is 10.5 Å². The van der Waals surface area contributed by atoms with Crippen molar-refractivity contribution in [3.05, 3.63) is 29.8 Å². The van der Waals surface area contributed by atoms with Gasteiger partial charge in [-0.3, -0.25) is 0 Å². The molecule has 1 aromatic carbocycles. The molecule has 0 saturated heterocycles. The van der Waals surface area contributed by atoms with Crippen LogP contribution in [0.5, 0.6) is 5.75 Å². The number of oxime groups is 1. The van der Waals surface area contributed by atoms with Gasteiger partial charge in [0.15, 0.2) is 5.84 Å². The Bertz CT molecular complexity index is 364. The lowest BCUT2D eigenvalue weighted by Crippen LogP contribution is -2.21. The maximum atomic E-state index is 8.63. The van der Waals surface area contributed by atoms with Crippen LogP contribution in [0.3, 0.4) is 0 Å². The predicted molar refractivity (Wildman–Crippen MR) is 63.0 cm³/mol. The highest BCUT2D eigenvalue weighted by Crippen LogP contribution is 2.17. The molecule has 0 spiro atoms. The predicted octanol–water partition coefficient (Wildman–Crippen LogP) is 0.722. The number of nitrogens with zero attached hydrogens (tertiary/aromatic N) is 2. The van der Waals surface area contributed by atoms with Gasteiger partial charge in [-0.05, 0) is 26.2 Å². The summed E-state index contributed by atoms with van der Waals surface area (Å²) in [5, 5.41) is 11.6. The maximum Gasteiger partial charge on any atom is 0.173 e. The summed E-state index contributed by atoms with van der Waals surface area (Å²) >= 11 is 0. The number of hydrogen-bond acceptors (Lipinski definition) is 4. The summed E-state index contributed by atoms with van der Waals surface area (Å²) in [5.74, 6) is 0.681. The zero-order valence-electron chi connectivity index (χ0n) is 9.55. The molecule has 0 aliphatic rings. The number of para-hydroxylation sites is 1. The maximum absolute atomic E-state index is 8.63. The number of hydrogen-bond donors (Lipinski definition) is 2. The SMILES string of the molecule is CN(C)CCOc1ccccc1/C(N)=N\O. The minimum absolute atomic E-state index is 0.0560. The Kier molecular flexibility index (Phi) is 4.60. The van der Waals surface area contributed by atoms with Gasteiger partial charge in [-0.2, -0.15) is 0 Å². The van der Waals surface area contributed by atoms with Crippen molar-refractivity contribution in [2.75, 3.05) is 27.2 Å². The van der Waals surface area contributed by atoms with Gasteiger partial charge < -0.3 is 20.6 Å². The molecule has 0 atom stereocenters. The molecule has 5 nitrogen and oxygen atoms in total. The van der Waals surface area contributed by atoms with Crippen LogP contribution in [0.4, 0.5) is 0 Å². The van der Waals surface area contributed by atoms with Crippen molar-refractivity contribution >= 4 is 5.84 Å². The van der Waals surface area contributed by atoms with E-state index in [4.69, 9.17) is 15.7 Å². The zero-order valence-corrected chi connectivity index (χ0v) is 9.55. The second kappa shape index (κ2) is 5.97. The fraction of sp³-hybridized carbons (Fsp3) is 0.364. The Morgan fingerprint density at radius 1 is 1.44 bits per heavy atom. The van der Waals surface area contributed by atoms with E-state index in [-0.39, 0.29) is 5.84 Å². The number of rotatable bonds is 5. The first-order valence-corrected chi connectivity index (χ1v) is 4.99. The van der Waals surface area contributed by atoms with Gasteiger partial charge in [-0.15, -0.1) is 0 Å². The minimum Gasteiger partial charge on any atom is -0.491 e. The quantitative estimate of drug-likeness (QED) is 0.334. The van der Waals surface area contributed by atoms with E-state index in [1.54, 1.807) is 12.1 Å². The summed E-state index contributed by atoms with van der Waals surface area (Å²) in [6, 6.07) is 7.20. The van der Waals surface area contributed by atoms with E-state index in [1.165, 1.54) is 0 Å². The van der Waals surface area contributed by atoms with Crippen molar-refractivity contribution in [2.24, 2.45) is 10.9 Å². The number of nitrogens with two attached hydrogens (primary N) is 1. The van der Waals surface area contributed by atoms with Crippen LogP contribution in [0.1, 0.15) is 5.56 Å². The molecule has 0 aromatic heterocycles. The molecule has 16 heavy (non-hydrogen) atoms. The van der Waals surface area contributed by atoms with Crippen molar-refractivity contribution < 1.29 is 9.94 Å². The van der Waals surface area contributed by atoms with E-state index in [2.05, 4.69) is 5.16 Å². The van der Waals surface area contributed by atoms with Crippen LogP contribution in [0.15, 0.2) is 29.4 Å². The molecule has 0 saturated carbocycles. The highest BCUT2D eigenvalue weighted by molar-refractivity contribution is 5.99. The molecule has 0 unspecified atom stereocenters. The summed E-state index contributed by atoms with van der Waals surface area (Å²) in [7, 11) is 3.94. The molecule has 0 amide bonds. The molecule has 88 valence electrons. The fourth-order valence-electron chi connectivity index (χ4n) is 1.20. The van der Waals surface area contributed by atoms with E-state index in [1.807, 2.05) is 31.1 Å². The van der Waals surface area contributed by atoms with Crippen LogP contribution in [-0.4, -0.2) is 43.2 Å². The van der Waals surface area contributed by atoms with Gasteiger partial charge in [0, 0.05) is 6.54 Å². The van der Waals surface area contributed by atoms with Crippen LogP contribution >= 0.6 is 0 Å². The lowest BCUT2D eigenvalue weighted by Gasteiger charge is -2.13. The molecule has 1 aromatic rings. The van der Waals surface area contributed by atoms with Gasteiger partial charge in [-0.1, -0.05) is 17.3 Å². The fourth-order valence-corrected chi connectivity index (χ4v) is 1.20. The second-order valence-electron chi connectivity index (χ2n) is 3.63. The molecule has 3 N–H and O–H groups in total. The van der Waals surface area contributed by atoms with Crippen molar-refractivity contribution in [3.8, 4) is 5.75 Å². The van der Waals surface area contributed by atoms with E-state index in [9.17, 15) is 0 Å². The first kappa shape index (κ1) is 12.3. The Labute approximate surface area is 95.1 Å². The minimum atomic E-state index is 0.0560. The molecule has 1 rings (SSSR count). The molecule has 5 heteroatoms. The third-order valence-corrected chi connectivity index (χ3v) is 2.07.